The molecule has 7 nitrogen and oxygen atoms in total. The highest BCUT2D eigenvalue weighted by Gasteiger charge is 2.17. The number of H-pyrrole nitrogens is 1. The van der Waals surface area contributed by atoms with Crippen LogP contribution in [0.5, 0.6) is 0 Å². The Balaban J connectivity index is 1.43. The first-order valence-corrected chi connectivity index (χ1v) is 8.90. The highest BCUT2D eigenvalue weighted by molar-refractivity contribution is 6.10. The van der Waals surface area contributed by atoms with E-state index >= 15 is 0 Å². The molecule has 0 radical (unpaired) electrons. The standard InChI is InChI=1S/C21H21N3O4/c1-14-20(16-9-5-6-10-17(16)23-14)18(25)13-28-19(26)11-12-22-21(27)24-15-7-3-2-4-8-15/h2-10,23H,11-13H2,1H3,(H2,22,24,27). The molecule has 1 aromatic heterocycles. The number of aryl methyl sites for hydroxylation is 1. The number of aromatic nitrogens is 1. The number of amides is 2. The Morgan fingerprint density at radius 3 is 2.50 bits per heavy atom. The predicted octanol–water partition coefficient (Wildman–Crippen LogP) is 3.41. The minimum Gasteiger partial charge on any atom is -0.457 e. The highest BCUT2D eigenvalue weighted by Crippen LogP contribution is 2.22. The van der Waals surface area contributed by atoms with Crippen molar-refractivity contribution >= 4 is 34.4 Å². The molecule has 0 aliphatic rings. The summed E-state index contributed by atoms with van der Waals surface area (Å²) in [5.74, 6) is -0.816. The average molecular weight is 379 g/mol. The fourth-order valence-corrected chi connectivity index (χ4v) is 2.90. The summed E-state index contributed by atoms with van der Waals surface area (Å²) in [5.41, 5.74) is 2.79. The molecule has 1 heterocycles. The number of carbonyl (C=O) groups excluding carboxylic acids is 3. The van der Waals surface area contributed by atoms with Crippen LogP contribution in [0.4, 0.5) is 10.5 Å². The Bertz CT molecular complexity index is 995. The normalized spacial score (nSPS) is 10.5. The lowest BCUT2D eigenvalue weighted by atomic mass is 10.1. The van der Waals surface area contributed by atoms with Crippen LogP contribution in [0.1, 0.15) is 22.5 Å². The van der Waals surface area contributed by atoms with Crippen LogP contribution >= 0.6 is 0 Å². The van der Waals surface area contributed by atoms with Crippen molar-refractivity contribution in [1.29, 1.82) is 0 Å². The quantitative estimate of drug-likeness (QED) is 0.433. The largest absolute Gasteiger partial charge is 0.457 e. The molecule has 0 aliphatic heterocycles. The van der Waals surface area contributed by atoms with E-state index in [2.05, 4.69) is 15.6 Å². The third-order valence-electron chi connectivity index (χ3n) is 4.18. The van der Waals surface area contributed by atoms with Crippen molar-refractivity contribution in [2.24, 2.45) is 0 Å². The van der Waals surface area contributed by atoms with Gasteiger partial charge in [0.05, 0.1) is 6.42 Å². The maximum absolute atomic E-state index is 12.5. The molecule has 7 heteroatoms. The lowest BCUT2D eigenvalue weighted by Gasteiger charge is -2.08. The van der Waals surface area contributed by atoms with E-state index in [1.807, 2.05) is 37.3 Å². The number of carbonyl (C=O) groups is 3. The number of rotatable bonds is 7. The van der Waals surface area contributed by atoms with Crippen molar-refractivity contribution in [3.8, 4) is 0 Å². The minimum atomic E-state index is -0.550. The van der Waals surface area contributed by atoms with Crippen LogP contribution in [0.25, 0.3) is 10.9 Å². The molecular weight excluding hydrogens is 358 g/mol. The monoisotopic (exact) mass is 379 g/mol. The lowest BCUT2D eigenvalue weighted by Crippen LogP contribution is -2.31. The summed E-state index contributed by atoms with van der Waals surface area (Å²) in [6.45, 7) is 1.58. The van der Waals surface area contributed by atoms with Gasteiger partial charge in [0.25, 0.3) is 0 Å². The minimum absolute atomic E-state index is 0.0254. The second kappa shape index (κ2) is 8.85. The Labute approximate surface area is 162 Å². The smallest absolute Gasteiger partial charge is 0.319 e. The first-order chi connectivity index (χ1) is 13.5. The van der Waals surface area contributed by atoms with Gasteiger partial charge in [-0.1, -0.05) is 36.4 Å². The zero-order valence-electron chi connectivity index (χ0n) is 15.5. The Morgan fingerprint density at radius 2 is 1.71 bits per heavy atom. The van der Waals surface area contributed by atoms with Gasteiger partial charge in [-0.2, -0.15) is 0 Å². The van der Waals surface area contributed by atoms with Gasteiger partial charge < -0.3 is 20.4 Å². The van der Waals surface area contributed by atoms with E-state index < -0.39 is 12.0 Å². The third kappa shape index (κ3) is 4.76. The number of ether oxygens (including phenoxy) is 1. The number of benzene rings is 2. The maximum atomic E-state index is 12.5. The number of urea groups is 1. The van der Waals surface area contributed by atoms with Crippen LogP contribution in [-0.2, 0) is 9.53 Å². The van der Waals surface area contributed by atoms with E-state index in [1.54, 1.807) is 24.3 Å². The molecule has 2 amide bonds. The predicted molar refractivity (Wildman–Crippen MR) is 106 cm³/mol. The molecule has 0 saturated carbocycles. The summed E-state index contributed by atoms with van der Waals surface area (Å²) in [6.07, 6.45) is -0.0254. The molecule has 2 aromatic carbocycles. The van der Waals surface area contributed by atoms with Gasteiger partial charge in [0.2, 0.25) is 5.78 Å². The number of hydrogen-bond donors (Lipinski definition) is 3. The van der Waals surface area contributed by atoms with Crippen molar-refractivity contribution in [1.82, 2.24) is 10.3 Å². The molecule has 0 atom stereocenters. The van der Waals surface area contributed by atoms with Crippen molar-refractivity contribution in [2.75, 3.05) is 18.5 Å². The Morgan fingerprint density at radius 1 is 1.00 bits per heavy atom. The lowest BCUT2D eigenvalue weighted by molar-refractivity contribution is -0.142. The van der Waals surface area contributed by atoms with Gasteiger partial charge in [0, 0.05) is 34.4 Å². The fourth-order valence-electron chi connectivity index (χ4n) is 2.90. The number of fused-ring (bicyclic) bond motifs is 1. The van der Waals surface area contributed by atoms with E-state index in [-0.39, 0.29) is 25.4 Å². The number of ketones is 1. The second-order valence-electron chi connectivity index (χ2n) is 6.25. The molecule has 3 aromatic rings. The third-order valence-corrected chi connectivity index (χ3v) is 4.18. The van der Waals surface area contributed by atoms with Crippen LogP contribution in [0.2, 0.25) is 0 Å². The van der Waals surface area contributed by atoms with Crippen molar-refractivity contribution in [3.63, 3.8) is 0 Å². The van der Waals surface area contributed by atoms with Gasteiger partial charge in [-0.15, -0.1) is 0 Å². The van der Waals surface area contributed by atoms with Crippen molar-refractivity contribution in [3.05, 3.63) is 65.9 Å². The number of esters is 1. The van der Waals surface area contributed by atoms with E-state index in [1.165, 1.54) is 0 Å². The molecule has 3 rings (SSSR count). The zero-order chi connectivity index (χ0) is 19.9. The summed E-state index contributed by atoms with van der Waals surface area (Å²) < 4.78 is 5.06. The van der Waals surface area contributed by atoms with Crippen molar-refractivity contribution in [2.45, 2.75) is 13.3 Å². The first kappa shape index (κ1) is 19.2. The molecule has 0 spiro atoms. The number of aromatic amines is 1. The van der Waals surface area contributed by atoms with E-state index in [0.717, 1.165) is 16.6 Å². The molecule has 0 bridgehead atoms. The summed E-state index contributed by atoms with van der Waals surface area (Å²) in [4.78, 5) is 39.2. The number of Topliss-reactive ketones (excluding diaryl/α,β-unsaturated/α-hetero) is 1. The van der Waals surface area contributed by atoms with E-state index in [9.17, 15) is 14.4 Å². The molecule has 0 fully saturated rings. The molecule has 3 N–H and O–H groups in total. The topological polar surface area (TPSA) is 100 Å². The molecule has 144 valence electrons. The summed E-state index contributed by atoms with van der Waals surface area (Å²) in [6, 6.07) is 16.0. The first-order valence-electron chi connectivity index (χ1n) is 8.90. The van der Waals surface area contributed by atoms with E-state index in [4.69, 9.17) is 4.74 Å². The van der Waals surface area contributed by atoms with Crippen LogP contribution in [-0.4, -0.2) is 35.9 Å². The van der Waals surface area contributed by atoms with Gasteiger partial charge in [-0.3, -0.25) is 9.59 Å². The fraction of sp³-hybridized carbons (Fsp3) is 0.190. The van der Waals surface area contributed by atoms with Gasteiger partial charge in [0.15, 0.2) is 6.61 Å². The number of anilines is 1. The summed E-state index contributed by atoms with van der Waals surface area (Å²) in [5, 5.41) is 6.02. The molecule has 0 unspecified atom stereocenters. The van der Waals surface area contributed by atoms with Crippen molar-refractivity contribution < 1.29 is 19.1 Å². The average Bonchev–Trinajstić information content (AvgIpc) is 3.02. The van der Waals surface area contributed by atoms with Crippen LogP contribution in [0.15, 0.2) is 54.6 Å². The molecule has 28 heavy (non-hydrogen) atoms. The zero-order valence-corrected chi connectivity index (χ0v) is 15.5. The van der Waals surface area contributed by atoms with Crippen LogP contribution < -0.4 is 10.6 Å². The van der Waals surface area contributed by atoms with Gasteiger partial charge in [-0.05, 0) is 25.1 Å². The highest BCUT2D eigenvalue weighted by atomic mass is 16.5. The van der Waals surface area contributed by atoms with Gasteiger partial charge in [0.1, 0.15) is 0 Å². The Kier molecular flexibility index (Phi) is 6.06. The second-order valence-corrected chi connectivity index (χ2v) is 6.25. The molecular formula is C21H21N3O4. The Hall–Kier alpha value is -3.61. The number of hydrogen-bond acceptors (Lipinski definition) is 4. The maximum Gasteiger partial charge on any atom is 0.319 e. The number of para-hydroxylation sites is 2. The van der Waals surface area contributed by atoms with Gasteiger partial charge >= 0.3 is 12.0 Å². The molecule has 0 saturated heterocycles. The van der Waals surface area contributed by atoms with Crippen LogP contribution in [0.3, 0.4) is 0 Å². The number of nitrogens with one attached hydrogen (secondary N) is 3. The summed E-state index contributed by atoms with van der Waals surface area (Å²) >= 11 is 0. The van der Waals surface area contributed by atoms with E-state index in [0.29, 0.717) is 11.3 Å². The molecule has 0 aliphatic carbocycles. The SMILES string of the molecule is Cc1[nH]c2ccccc2c1C(=O)COC(=O)CCNC(=O)Nc1ccccc1. The summed E-state index contributed by atoms with van der Waals surface area (Å²) in [7, 11) is 0. The van der Waals surface area contributed by atoms with Gasteiger partial charge in [-0.25, -0.2) is 4.79 Å². The van der Waals surface area contributed by atoms with Crippen LogP contribution in [0, 0.1) is 6.92 Å².